The van der Waals surface area contributed by atoms with Crippen LogP contribution in [-0.4, -0.2) is 31.5 Å². The van der Waals surface area contributed by atoms with Crippen LogP contribution < -0.4 is 5.32 Å². The Balaban J connectivity index is 1.74. The van der Waals surface area contributed by atoms with Crippen molar-refractivity contribution in [2.24, 2.45) is 0 Å². The molecule has 0 amide bonds. The zero-order valence-electron chi connectivity index (χ0n) is 9.69. The van der Waals surface area contributed by atoms with Crippen LogP contribution in [0.25, 0.3) is 10.9 Å². The number of nitrogens with one attached hydrogen (secondary N) is 1. The van der Waals surface area contributed by atoms with Gasteiger partial charge in [0, 0.05) is 18.1 Å². The van der Waals surface area contributed by atoms with Gasteiger partial charge in [-0.1, -0.05) is 17.3 Å². The van der Waals surface area contributed by atoms with E-state index in [-0.39, 0.29) is 0 Å². The first-order valence-electron chi connectivity index (χ1n) is 5.71. The van der Waals surface area contributed by atoms with Crippen molar-refractivity contribution in [3.8, 4) is 0 Å². The summed E-state index contributed by atoms with van der Waals surface area (Å²) < 4.78 is 1.77. The first-order chi connectivity index (χ1) is 8.93. The molecule has 1 aromatic carbocycles. The fourth-order valence-electron chi connectivity index (χ4n) is 1.79. The van der Waals surface area contributed by atoms with E-state index in [1.165, 1.54) is 0 Å². The molecule has 0 fully saturated rings. The van der Waals surface area contributed by atoms with Crippen LogP contribution in [0.4, 0.5) is 5.82 Å². The van der Waals surface area contributed by atoms with Crippen LogP contribution in [0.15, 0.2) is 43.0 Å². The molecule has 0 aliphatic heterocycles. The molecule has 2 heterocycles. The van der Waals surface area contributed by atoms with Gasteiger partial charge in [-0.3, -0.25) is 4.68 Å². The fourth-order valence-corrected chi connectivity index (χ4v) is 1.79. The molecular weight excluding hydrogens is 228 g/mol. The first kappa shape index (κ1) is 10.6. The van der Waals surface area contributed by atoms with E-state index in [1.54, 1.807) is 17.2 Å². The highest BCUT2D eigenvalue weighted by molar-refractivity contribution is 5.88. The van der Waals surface area contributed by atoms with Crippen LogP contribution in [0, 0.1) is 0 Å². The largest absolute Gasteiger partial charge is 0.368 e. The molecule has 0 aliphatic rings. The maximum absolute atomic E-state index is 4.26. The van der Waals surface area contributed by atoms with Gasteiger partial charge in [-0.25, -0.2) is 9.97 Å². The highest BCUT2D eigenvalue weighted by atomic mass is 15.4. The van der Waals surface area contributed by atoms with Crippen LogP contribution in [0.1, 0.15) is 0 Å². The van der Waals surface area contributed by atoms with Gasteiger partial charge in [0.15, 0.2) is 0 Å². The fraction of sp³-hybridized carbons (Fsp3) is 0.167. The molecule has 3 rings (SSSR count). The molecule has 90 valence electrons. The Bertz CT molecular complexity index is 629. The third-order valence-corrected chi connectivity index (χ3v) is 2.65. The zero-order chi connectivity index (χ0) is 12.2. The number of benzene rings is 1. The van der Waals surface area contributed by atoms with Gasteiger partial charge in [-0.05, 0) is 12.1 Å². The van der Waals surface area contributed by atoms with E-state index in [0.717, 1.165) is 29.8 Å². The van der Waals surface area contributed by atoms with Gasteiger partial charge in [0.25, 0.3) is 0 Å². The number of hydrogen-bond acceptors (Lipinski definition) is 5. The lowest BCUT2D eigenvalue weighted by Crippen LogP contribution is -2.12. The van der Waals surface area contributed by atoms with Crippen molar-refractivity contribution in [1.82, 2.24) is 25.0 Å². The molecule has 0 saturated heterocycles. The summed E-state index contributed by atoms with van der Waals surface area (Å²) in [5, 5.41) is 12.0. The Kier molecular flexibility index (Phi) is 2.83. The number of hydrogen-bond donors (Lipinski definition) is 1. The number of rotatable bonds is 4. The standard InChI is InChI=1S/C12H12N6/c1-2-4-11-10(3-1)12(15-9-14-11)13-5-7-18-8-6-16-17-18/h1-4,6,8-9H,5,7H2,(H,13,14,15). The Labute approximate surface area is 104 Å². The third-order valence-electron chi connectivity index (χ3n) is 2.65. The molecule has 18 heavy (non-hydrogen) atoms. The molecule has 0 unspecified atom stereocenters. The molecule has 6 heteroatoms. The van der Waals surface area contributed by atoms with Crippen LogP contribution in [0.2, 0.25) is 0 Å². The van der Waals surface area contributed by atoms with Crippen LogP contribution >= 0.6 is 0 Å². The van der Waals surface area contributed by atoms with Crippen LogP contribution in [-0.2, 0) is 6.54 Å². The molecule has 6 nitrogen and oxygen atoms in total. The summed E-state index contributed by atoms with van der Waals surface area (Å²) in [7, 11) is 0. The normalized spacial score (nSPS) is 10.7. The minimum Gasteiger partial charge on any atom is -0.368 e. The second-order valence-corrected chi connectivity index (χ2v) is 3.83. The Morgan fingerprint density at radius 1 is 1.17 bits per heavy atom. The summed E-state index contributed by atoms with van der Waals surface area (Å²) in [5.41, 5.74) is 0.941. The Morgan fingerprint density at radius 2 is 2.11 bits per heavy atom. The second-order valence-electron chi connectivity index (χ2n) is 3.83. The average Bonchev–Trinajstić information content (AvgIpc) is 2.92. The molecule has 0 spiro atoms. The highest BCUT2D eigenvalue weighted by Gasteiger charge is 2.01. The lowest BCUT2D eigenvalue weighted by molar-refractivity contribution is 0.608. The lowest BCUT2D eigenvalue weighted by atomic mass is 10.2. The predicted molar refractivity (Wildman–Crippen MR) is 68.0 cm³/mol. The van der Waals surface area contributed by atoms with Crippen molar-refractivity contribution in [1.29, 1.82) is 0 Å². The quantitative estimate of drug-likeness (QED) is 0.745. The van der Waals surface area contributed by atoms with Crippen molar-refractivity contribution in [2.45, 2.75) is 6.54 Å². The molecule has 0 saturated carbocycles. The number of aromatic nitrogens is 5. The van der Waals surface area contributed by atoms with Crippen molar-refractivity contribution in [2.75, 3.05) is 11.9 Å². The number of para-hydroxylation sites is 1. The van der Waals surface area contributed by atoms with Gasteiger partial charge in [-0.15, -0.1) is 5.10 Å². The van der Waals surface area contributed by atoms with E-state index < -0.39 is 0 Å². The summed E-state index contributed by atoms with van der Waals surface area (Å²) in [4.78, 5) is 8.48. The lowest BCUT2D eigenvalue weighted by Gasteiger charge is -2.07. The minimum absolute atomic E-state index is 0.740. The van der Waals surface area contributed by atoms with Crippen molar-refractivity contribution in [3.63, 3.8) is 0 Å². The number of nitrogens with zero attached hydrogens (tertiary/aromatic N) is 5. The summed E-state index contributed by atoms with van der Waals surface area (Å²) in [6.45, 7) is 1.49. The van der Waals surface area contributed by atoms with Crippen molar-refractivity contribution >= 4 is 16.7 Å². The van der Waals surface area contributed by atoms with Crippen molar-refractivity contribution in [3.05, 3.63) is 43.0 Å². The van der Waals surface area contributed by atoms with Gasteiger partial charge in [-0.2, -0.15) is 0 Å². The van der Waals surface area contributed by atoms with E-state index in [1.807, 2.05) is 30.5 Å². The molecule has 0 atom stereocenters. The van der Waals surface area contributed by atoms with Crippen LogP contribution in [0.3, 0.4) is 0 Å². The van der Waals surface area contributed by atoms with Gasteiger partial charge >= 0.3 is 0 Å². The van der Waals surface area contributed by atoms with Gasteiger partial charge < -0.3 is 5.32 Å². The third kappa shape index (κ3) is 2.13. The van der Waals surface area contributed by atoms with Gasteiger partial charge in [0.2, 0.25) is 0 Å². The molecule has 2 aromatic heterocycles. The molecule has 0 bridgehead atoms. The van der Waals surface area contributed by atoms with Gasteiger partial charge in [0.05, 0.1) is 18.3 Å². The highest BCUT2D eigenvalue weighted by Crippen LogP contribution is 2.17. The summed E-state index contributed by atoms with van der Waals surface area (Å²) in [5.74, 6) is 0.848. The zero-order valence-corrected chi connectivity index (χ0v) is 9.69. The van der Waals surface area contributed by atoms with E-state index in [9.17, 15) is 0 Å². The van der Waals surface area contributed by atoms with Crippen LogP contribution in [0.5, 0.6) is 0 Å². The summed E-state index contributed by atoms with van der Waals surface area (Å²) >= 11 is 0. The van der Waals surface area contributed by atoms with Gasteiger partial charge in [0.1, 0.15) is 12.1 Å². The maximum atomic E-state index is 4.26. The summed E-state index contributed by atoms with van der Waals surface area (Å²) in [6, 6.07) is 7.93. The topological polar surface area (TPSA) is 68.5 Å². The molecule has 1 N–H and O–H groups in total. The maximum Gasteiger partial charge on any atom is 0.137 e. The molecular formula is C12H12N6. The Morgan fingerprint density at radius 3 is 3.00 bits per heavy atom. The van der Waals surface area contributed by atoms with E-state index in [0.29, 0.717) is 0 Å². The van der Waals surface area contributed by atoms with E-state index in [2.05, 4.69) is 25.6 Å². The second kappa shape index (κ2) is 4.79. The van der Waals surface area contributed by atoms with E-state index in [4.69, 9.17) is 0 Å². The SMILES string of the molecule is c1ccc2c(NCCn3ccnn3)ncnc2c1. The number of fused-ring (bicyclic) bond motifs is 1. The first-order valence-corrected chi connectivity index (χ1v) is 5.71. The smallest absolute Gasteiger partial charge is 0.137 e. The molecule has 3 aromatic rings. The number of anilines is 1. The average molecular weight is 240 g/mol. The molecule has 0 radical (unpaired) electrons. The Hall–Kier alpha value is -2.50. The molecule has 0 aliphatic carbocycles. The monoisotopic (exact) mass is 240 g/mol. The van der Waals surface area contributed by atoms with Crippen molar-refractivity contribution < 1.29 is 0 Å². The summed E-state index contributed by atoms with van der Waals surface area (Å²) in [6.07, 6.45) is 5.07. The van der Waals surface area contributed by atoms with E-state index >= 15 is 0 Å². The minimum atomic E-state index is 0.740. The predicted octanol–water partition coefficient (Wildman–Crippen LogP) is 1.33.